The molecule has 0 spiro atoms. The molecule has 0 saturated carbocycles. The minimum absolute atomic E-state index is 0.183. The molecule has 0 aliphatic carbocycles. The van der Waals surface area contributed by atoms with Crippen LogP contribution in [0.5, 0.6) is 0 Å². The summed E-state index contributed by atoms with van der Waals surface area (Å²) in [6, 6.07) is 17.2. The Morgan fingerprint density at radius 3 is 2.57 bits per heavy atom. The number of hydrogen-bond donors (Lipinski definition) is 2. The summed E-state index contributed by atoms with van der Waals surface area (Å²) >= 11 is 0. The fourth-order valence-electron chi connectivity index (χ4n) is 4.54. The number of nitrogens with one attached hydrogen (secondary N) is 1. The van der Waals surface area contributed by atoms with E-state index in [1.165, 1.54) is 4.90 Å². The van der Waals surface area contributed by atoms with Crippen LogP contribution in [0.2, 0.25) is 0 Å². The van der Waals surface area contributed by atoms with E-state index in [1.807, 2.05) is 23.7 Å². The zero-order valence-electron chi connectivity index (χ0n) is 18.6. The molecule has 35 heavy (non-hydrogen) atoms. The van der Waals surface area contributed by atoms with Gasteiger partial charge in [0.1, 0.15) is 11.6 Å². The van der Waals surface area contributed by atoms with Gasteiger partial charge in [-0.2, -0.15) is 0 Å². The van der Waals surface area contributed by atoms with E-state index in [0.29, 0.717) is 34.4 Å². The SMILES string of the molecule is Cn1c(Cc2nc3cc(C(=O)N4Cc5ccccc5C4=O)ccc3[nH]2)nc2cc(C(=O)O)ccc21. The van der Waals surface area contributed by atoms with Crippen molar-refractivity contribution in [3.05, 3.63) is 94.6 Å². The minimum Gasteiger partial charge on any atom is -0.478 e. The lowest BCUT2D eigenvalue weighted by Gasteiger charge is -2.13. The number of nitrogens with zero attached hydrogens (tertiary/aromatic N) is 4. The maximum Gasteiger partial charge on any atom is 0.335 e. The topological polar surface area (TPSA) is 121 Å². The van der Waals surface area contributed by atoms with Crippen LogP contribution in [-0.2, 0) is 20.0 Å². The normalized spacial score (nSPS) is 13.1. The van der Waals surface area contributed by atoms with E-state index in [2.05, 4.69) is 15.0 Å². The van der Waals surface area contributed by atoms with Crippen LogP contribution in [0.1, 0.15) is 48.3 Å². The van der Waals surface area contributed by atoms with Crippen LogP contribution in [0.3, 0.4) is 0 Å². The highest BCUT2D eigenvalue weighted by Gasteiger charge is 2.32. The van der Waals surface area contributed by atoms with E-state index in [0.717, 1.165) is 22.4 Å². The first-order chi connectivity index (χ1) is 16.9. The molecule has 2 N–H and O–H groups in total. The van der Waals surface area contributed by atoms with Crippen molar-refractivity contribution >= 4 is 39.9 Å². The third-order valence-electron chi connectivity index (χ3n) is 6.39. The van der Waals surface area contributed by atoms with Crippen LogP contribution in [0.25, 0.3) is 22.1 Å². The zero-order valence-corrected chi connectivity index (χ0v) is 18.6. The number of carboxylic acid groups (broad SMARTS) is 1. The highest BCUT2D eigenvalue weighted by Crippen LogP contribution is 2.25. The molecule has 0 saturated heterocycles. The van der Waals surface area contributed by atoms with E-state index >= 15 is 0 Å². The molecule has 6 rings (SSSR count). The second-order valence-electron chi connectivity index (χ2n) is 8.54. The number of carboxylic acids is 1. The maximum atomic E-state index is 13.1. The lowest BCUT2D eigenvalue weighted by atomic mass is 10.1. The Labute approximate surface area is 198 Å². The summed E-state index contributed by atoms with van der Waals surface area (Å²) in [5.74, 6) is -0.269. The molecule has 0 atom stereocenters. The molecule has 1 aliphatic heterocycles. The highest BCUT2D eigenvalue weighted by molar-refractivity contribution is 6.13. The van der Waals surface area contributed by atoms with Crippen molar-refractivity contribution in [1.82, 2.24) is 24.4 Å². The molecule has 9 heteroatoms. The summed E-state index contributed by atoms with van der Waals surface area (Å²) in [5.41, 5.74) is 4.77. The quantitative estimate of drug-likeness (QED) is 0.392. The summed E-state index contributed by atoms with van der Waals surface area (Å²) in [4.78, 5) is 50.8. The van der Waals surface area contributed by atoms with Gasteiger partial charge in [0, 0.05) is 18.2 Å². The number of imidazole rings is 2. The van der Waals surface area contributed by atoms with Crippen molar-refractivity contribution in [2.45, 2.75) is 13.0 Å². The number of fused-ring (bicyclic) bond motifs is 3. The summed E-state index contributed by atoms with van der Waals surface area (Å²) in [6.45, 7) is 0.258. The van der Waals surface area contributed by atoms with E-state index in [9.17, 15) is 19.5 Å². The molecule has 172 valence electrons. The predicted octanol–water partition coefficient (Wildman–Crippen LogP) is 3.53. The average Bonchev–Trinajstić information content (AvgIpc) is 3.51. The van der Waals surface area contributed by atoms with Gasteiger partial charge in [0.05, 0.1) is 40.6 Å². The van der Waals surface area contributed by atoms with Crippen molar-refractivity contribution < 1.29 is 19.5 Å². The van der Waals surface area contributed by atoms with Crippen molar-refractivity contribution in [2.24, 2.45) is 7.05 Å². The molecular formula is C26H19N5O4. The van der Waals surface area contributed by atoms with Crippen LogP contribution in [0.4, 0.5) is 0 Å². The second kappa shape index (κ2) is 7.63. The smallest absolute Gasteiger partial charge is 0.335 e. The Balaban J connectivity index is 1.28. The Bertz CT molecular complexity index is 1700. The number of carbonyl (C=O) groups is 3. The van der Waals surface area contributed by atoms with Crippen molar-refractivity contribution in [3.8, 4) is 0 Å². The minimum atomic E-state index is -0.999. The molecular weight excluding hydrogens is 446 g/mol. The molecule has 9 nitrogen and oxygen atoms in total. The Kier molecular flexibility index (Phi) is 4.53. The van der Waals surface area contributed by atoms with Gasteiger partial charge in [-0.05, 0) is 48.0 Å². The number of hydrogen-bond acceptors (Lipinski definition) is 5. The maximum absolute atomic E-state index is 13.1. The molecule has 2 aromatic heterocycles. The molecule has 1 aliphatic rings. The first-order valence-corrected chi connectivity index (χ1v) is 11.0. The van der Waals surface area contributed by atoms with Gasteiger partial charge in [0.25, 0.3) is 11.8 Å². The summed E-state index contributed by atoms with van der Waals surface area (Å²) < 4.78 is 1.90. The van der Waals surface area contributed by atoms with Gasteiger partial charge < -0.3 is 14.7 Å². The van der Waals surface area contributed by atoms with Crippen molar-refractivity contribution in [2.75, 3.05) is 0 Å². The fourth-order valence-corrected chi connectivity index (χ4v) is 4.54. The Morgan fingerprint density at radius 2 is 1.77 bits per heavy atom. The summed E-state index contributed by atoms with van der Waals surface area (Å²) in [5, 5.41) is 9.23. The first kappa shape index (κ1) is 20.8. The molecule has 0 radical (unpaired) electrons. The van der Waals surface area contributed by atoms with Crippen LogP contribution >= 0.6 is 0 Å². The number of aromatic amines is 1. The summed E-state index contributed by atoms with van der Waals surface area (Å²) in [6.07, 6.45) is 0.394. The molecule has 0 unspecified atom stereocenters. The van der Waals surface area contributed by atoms with E-state index in [4.69, 9.17) is 0 Å². The number of amides is 2. The molecule has 3 aromatic carbocycles. The number of rotatable bonds is 4. The lowest BCUT2D eigenvalue weighted by molar-refractivity contribution is 0.0628. The monoisotopic (exact) mass is 465 g/mol. The van der Waals surface area contributed by atoms with E-state index < -0.39 is 5.97 Å². The van der Waals surface area contributed by atoms with Crippen LogP contribution in [0, 0.1) is 0 Å². The van der Waals surface area contributed by atoms with Gasteiger partial charge in [-0.25, -0.2) is 14.8 Å². The largest absolute Gasteiger partial charge is 0.478 e. The fraction of sp³-hybridized carbons (Fsp3) is 0.115. The lowest BCUT2D eigenvalue weighted by Crippen LogP contribution is -2.31. The van der Waals surface area contributed by atoms with Gasteiger partial charge in [0.15, 0.2) is 0 Å². The summed E-state index contributed by atoms with van der Waals surface area (Å²) in [7, 11) is 1.87. The highest BCUT2D eigenvalue weighted by atomic mass is 16.4. The van der Waals surface area contributed by atoms with Gasteiger partial charge in [-0.1, -0.05) is 18.2 Å². The molecule has 0 bridgehead atoms. The Morgan fingerprint density at radius 1 is 1.00 bits per heavy atom. The number of imide groups is 1. The standard InChI is InChI=1S/C26H19N5O4/c1-30-21-9-7-15(26(34)35)11-20(21)29-23(30)12-22-27-18-8-6-14(10-19(18)28-22)24(32)31-13-16-4-2-3-5-17(16)25(31)33/h2-11H,12-13H2,1H3,(H,27,28)(H,34,35). The number of H-pyrrole nitrogens is 1. The van der Waals surface area contributed by atoms with Crippen molar-refractivity contribution in [1.29, 1.82) is 0 Å². The van der Waals surface area contributed by atoms with Crippen LogP contribution < -0.4 is 0 Å². The molecule has 0 fully saturated rings. The number of aryl methyl sites for hydroxylation is 1. The molecule has 5 aromatic rings. The van der Waals surface area contributed by atoms with E-state index in [-0.39, 0.29) is 23.9 Å². The zero-order chi connectivity index (χ0) is 24.3. The first-order valence-electron chi connectivity index (χ1n) is 11.0. The molecule has 3 heterocycles. The molecule has 2 amide bonds. The van der Waals surface area contributed by atoms with Crippen LogP contribution in [-0.4, -0.2) is 47.3 Å². The van der Waals surface area contributed by atoms with Gasteiger partial charge in [-0.3, -0.25) is 14.5 Å². The Hall–Kier alpha value is -4.79. The third kappa shape index (κ3) is 3.36. The number of carbonyl (C=O) groups excluding carboxylic acids is 2. The van der Waals surface area contributed by atoms with E-state index in [1.54, 1.807) is 48.5 Å². The number of aromatic nitrogens is 4. The number of benzene rings is 3. The van der Waals surface area contributed by atoms with Gasteiger partial charge in [-0.15, -0.1) is 0 Å². The third-order valence-corrected chi connectivity index (χ3v) is 6.39. The predicted molar refractivity (Wildman–Crippen MR) is 127 cm³/mol. The average molecular weight is 465 g/mol. The number of aromatic carboxylic acids is 1. The van der Waals surface area contributed by atoms with Crippen LogP contribution in [0.15, 0.2) is 60.7 Å². The van der Waals surface area contributed by atoms with Gasteiger partial charge >= 0.3 is 5.97 Å². The van der Waals surface area contributed by atoms with Gasteiger partial charge in [0.2, 0.25) is 0 Å². The van der Waals surface area contributed by atoms with Crippen molar-refractivity contribution in [3.63, 3.8) is 0 Å². The second-order valence-corrected chi connectivity index (χ2v) is 8.54.